The highest BCUT2D eigenvalue weighted by atomic mass is 32.2. The molecule has 2 rings (SSSR count). The first-order valence-corrected chi connectivity index (χ1v) is 8.10. The number of aryl methyl sites for hydroxylation is 1. The summed E-state index contributed by atoms with van der Waals surface area (Å²) in [7, 11) is -3.58. The minimum absolute atomic E-state index is 0.0172. The van der Waals surface area contributed by atoms with Crippen molar-refractivity contribution in [2.75, 3.05) is 6.54 Å². The highest BCUT2D eigenvalue weighted by Crippen LogP contribution is 2.43. The Labute approximate surface area is 119 Å². The molecule has 0 aromatic heterocycles. The number of aliphatic carboxylic acids is 1. The summed E-state index contributed by atoms with van der Waals surface area (Å²) < 4.78 is 27.1. The van der Waals surface area contributed by atoms with Crippen LogP contribution in [-0.4, -0.2) is 26.0 Å². The molecule has 0 radical (unpaired) electrons. The van der Waals surface area contributed by atoms with Crippen molar-refractivity contribution < 1.29 is 18.3 Å². The molecule has 0 heterocycles. The summed E-state index contributed by atoms with van der Waals surface area (Å²) >= 11 is 0. The lowest BCUT2D eigenvalue weighted by molar-refractivity contribution is -0.141. The van der Waals surface area contributed by atoms with E-state index in [2.05, 4.69) is 4.72 Å². The van der Waals surface area contributed by atoms with Crippen molar-refractivity contribution in [1.82, 2.24) is 4.72 Å². The van der Waals surface area contributed by atoms with Crippen LogP contribution in [0.3, 0.4) is 0 Å². The molecule has 5 nitrogen and oxygen atoms in total. The molecule has 0 bridgehead atoms. The molecule has 110 valence electrons. The summed E-state index contributed by atoms with van der Waals surface area (Å²) in [6, 6.07) is 6.76. The monoisotopic (exact) mass is 297 g/mol. The van der Waals surface area contributed by atoms with Crippen LogP contribution in [0.25, 0.3) is 0 Å². The summed E-state index contributed by atoms with van der Waals surface area (Å²) in [5.74, 6) is -0.875. The van der Waals surface area contributed by atoms with Gasteiger partial charge in [0, 0.05) is 6.54 Å². The molecule has 1 aromatic carbocycles. The molecular formula is C14H19NO4S. The van der Waals surface area contributed by atoms with E-state index in [1.807, 2.05) is 0 Å². The summed E-state index contributed by atoms with van der Waals surface area (Å²) in [5.41, 5.74) is 0.266. The highest BCUT2D eigenvalue weighted by molar-refractivity contribution is 7.89. The molecule has 0 spiro atoms. The lowest BCUT2D eigenvalue weighted by Gasteiger charge is -2.40. The van der Waals surface area contributed by atoms with E-state index in [9.17, 15) is 13.2 Å². The normalized spacial score (nSPS) is 17.4. The van der Waals surface area contributed by atoms with Crippen LogP contribution in [0.2, 0.25) is 0 Å². The molecule has 1 aromatic rings. The summed E-state index contributed by atoms with van der Waals surface area (Å²) in [5, 5.41) is 8.93. The van der Waals surface area contributed by atoms with Crippen molar-refractivity contribution in [3.05, 3.63) is 29.8 Å². The number of hydrogen-bond acceptors (Lipinski definition) is 3. The number of sulfonamides is 1. The second-order valence-electron chi connectivity index (χ2n) is 5.51. The van der Waals surface area contributed by atoms with E-state index in [-0.39, 0.29) is 17.9 Å². The Hall–Kier alpha value is -1.40. The van der Waals surface area contributed by atoms with Gasteiger partial charge in [-0.3, -0.25) is 4.79 Å². The van der Waals surface area contributed by atoms with Gasteiger partial charge in [-0.15, -0.1) is 0 Å². The molecule has 1 aliphatic rings. The van der Waals surface area contributed by atoms with Gasteiger partial charge in [-0.05, 0) is 36.8 Å². The van der Waals surface area contributed by atoms with Crippen LogP contribution in [0.1, 0.15) is 31.2 Å². The first-order chi connectivity index (χ1) is 9.35. The van der Waals surface area contributed by atoms with Crippen LogP contribution in [0.15, 0.2) is 29.2 Å². The number of benzene rings is 1. The van der Waals surface area contributed by atoms with E-state index in [1.165, 1.54) is 0 Å². The molecule has 1 saturated carbocycles. The van der Waals surface area contributed by atoms with Crippen molar-refractivity contribution >= 4 is 16.0 Å². The van der Waals surface area contributed by atoms with Crippen molar-refractivity contribution in [2.45, 2.75) is 37.5 Å². The maximum absolute atomic E-state index is 12.3. The average Bonchev–Trinajstić information content (AvgIpc) is 2.32. The number of nitrogens with one attached hydrogen (secondary N) is 1. The van der Waals surface area contributed by atoms with Crippen LogP contribution in [0.5, 0.6) is 0 Å². The van der Waals surface area contributed by atoms with Gasteiger partial charge >= 0.3 is 5.97 Å². The van der Waals surface area contributed by atoms with E-state index >= 15 is 0 Å². The van der Waals surface area contributed by atoms with Gasteiger partial charge < -0.3 is 5.11 Å². The Kier molecular flexibility index (Phi) is 4.15. The van der Waals surface area contributed by atoms with Crippen molar-refractivity contribution in [3.63, 3.8) is 0 Å². The predicted octanol–water partition coefficient (Wildman–Crippen LogP) is 1.92. The Morgan fingerprint density at radius 1 is 1.35 bits per heavy atom. The number of rotatable bonds is 6. The Bertz CT molecular complexity index is 605. The van der Waals surface area contributed by atoms with Gasteiger partial charge in [0.2, 0.25) is 10.0 Å². The second-order valence-corrected chi connectivity index (χ2v) is 7.25. The number of carboxylic acids is 1. The lowest BCUT2D eigenvalue weighted by Crippen LogP contribution is -2.43. The maximum Gasteiger partial charge on any atom is 0.303 e. The van der Waals surface area contributed by atoms with Gasteiger partial charge in [0.1, 0.15) is 0 Å². The average molecular weight is 297 g/mol. The zero-order chi connectivity index (χ0) is 14.8. The van der Waals surface area contributed by atoms with Crippen molar-refractivity contribution in [3.8, 4) is 0 Å². The van der Waals surface area contributed by atoms with Gasteiger partial charge in [0.15, 0.2) is 0 Å². The molecular weight excluding hydrogens is 278 g/mol. The van der Waals surface area contributed by atoms with Crippen LogP contribution in [0, 0.1) is 12.3 Å². The fraction of sp³-hybridized carbons (Fsp3) is 0.500. The van der Waals surface area contributed by atoms with Crippen LogP contribution >= 0.6 is 0 Å². The van der Waals surface area contributed by atoms with E-state index in [1.54, 1.807) is 31.2 Å². The quantitative estimate of drug-likeness (QED) is 0.840. The molecule has 1 aliphatic carbocycles. The third-order valence-electron chi connectivity index (χ3n) is 3.96. The van der Waals surface area contributed by atoms with E-state index in [0.717, 1.165) is 19.3 Å². The van der Waals surface area contributed by atoms with Crippen molar-refractivity contribution in [1.29, 1.82) is 0 Å². The molecule has 6 heteroatoms. The van der Waals surface area contributed by atoms with Crippen LogP contribution in [-0.2, 0) is 14.8 Å². The third kappa shape index (κ3) is 3.19. The third-order valence-corrected chi connectivity index (χ3v) is 5.52. The zero-order valence-electron chi connectivity index (χ0n) is 11.4. The topological polar surface area (TPSA) is 83.5 Å². The molecule has 0 unspecified atom stereocenters. The molecule has 0 amide bonds. The summed E-state index contributed by atoms with van der Waals surface area (Å²) in [4.78, 5) is 11.1. The molecule has 2 N–H and O–H groups in total. The number of hydrogen-bond donors (Lipinski definition) is 2. The standard InChI is InChI=1S/C14H19NO4S/c1-11-5-2-3-6-12(11)20(18,19)15-10-14(7-4-8-14)9-13(16)17/h2-3,5-6,15H,4,7-10H2,1H3,(H,16,17). The molecule has 20 heavy (non-hydrogen) atoms. The number of carboxylic acid groups (broad SMARTS) is 1. The van der Waals surface area contributed by atoms with Crippen LogP contribution in [0.4, 0.5) is 0 Å². The summed E-state index contributed by atoms with van der Waals surface area (Å²) in [6.07, 6.45) is 2.49. The smallest absolute Gasteiger partial charge is 0.303 e. The second kappa shape index (κ2) is 5.54. The van der Waals surface area contributed by atoms with Gasteiger partial charge in [-0.1, -0.05) is 24.6 Å². The highest BCUT2D eigenvalue weighted by Gasteiger charge is 2.39. The van der Waals surface area contributed by atoms with Gasteiger partial charge in [-0.2, -0.15) is 0 Å². The minimum Gasteiger partial charge on any atom is -0.481 e. The first kappa shape index (κ1) is 15.0. The fourth-order valence-electron chi connectivity index (χ4n) is 2.60. The minimum atomic E-state index is -3.58. The molecule has 0 atom stereocenters. The number of carbonyl (C=O) groups is 1. The molecule has 0 aliphatic heterocycles. The van der Waals surface area contributed by atoms with E-state index < -0.39 is 21.4 Å². The maximum atomic E-state index is 12.3. The zero-order valence-corrected chi connectivity index (χ0v) is 12.2. The SMILES string of the molecule is Cc1ccccc1S(=O)(=O)NCC1(CC(=O)O)CCC1. The van der Waals surface area contributed by atoms with Gasteiger partial charge in [0.05, 0.1) is 11.3 Å². The molecule has 0 saturated heterocycles. The largest absolute Gasteiger partial charge is 0.481 e. The lowest BCUT2D eigenvalue weighted by atomic mass is 9.67. The Balaban J connectivity index is 2.10. The van der Waals surface area contributed by atoms with E-state index in [4.69, 9.17) is 5.11 Å². The Morgan fingerprint density at radius 3 is 2.50 bits per heavy atom. The van der Waals surface area contributed by atoms with Crippen molar-refractivity contribution in [2.24, 2.45) is 5.41 Å². The predicted molar refractivity (Wildman–Crippen MR) is 74.9 cm³/mol. The van der Waals surface area contributed by atoms with E-state index in [0.29, 0.717) is 5.56 Å². The molecule has 1 fully saturated rings. The van der Waals surface area contributed by atoms with Gasteiger partial charge in [-0.25, -0.2) is 13.1 Å². The fourth-order valence-corrected chi connectivity index (χ4v) is 4.00. The Morgan fingerprint density at radius 2 is 2.00 bits per heavy atom. The first-order valence-electron chi connectivity index (χ1n) is 6.62. The van der Waals surface area contributed by atoms with Crippen LogP contribution < -0.4 is 4.72 Å². The van der Waals surface area contributed by atoms with Gasteiger partial charge in [0.25, 0.3) is 0 Å². The summed E-state index contributed by atoms with van der Waals surface area (Å²) in [6.45, 7) is 1.93.